The normalized spacial score (nSPS) is 24.1. The Labute approximate surface area is 114 Å². The highest BCUT2D eigenvalue weighted by Gasteiger charge is 2.32. The highest BCUT2D eigenvalue weighted by Crippen LogP contribution is 2.32. The maximum atomic E-state index is 12.3. The maximum absolute atomic E-state index is 12.3. The minimum atomic E-state index is 0.311. The zero-order valence-corrected chi connectivity index (χ0v) is 11.5. The highest BCUT2D eigenvalue weighted by molar-refractivity contribution is 5.79. The lowest BCUT2D eigenvalue weighted by atomic mass is 9.83. The minimum absolute atomic E-state index is 0.311. The minimum Gasteiger partial charge on any atom is -0.342 e. The Morgan fingerprint density at radius 1 is 1.32 bits per heavy atom. The summed E-state index contributed by atoms with van der Waals surface area (Å²) in [7, 11) is 0. The average Bonchev–Trinajstić information content (AvgIpc) is 2.37. The average molecular weight is 259 g/mol. The van der Waals surface area contributed by atoms with Crippen molar-refractivity contribution in [2.75, 3.05) is 13.1 Å². The molecule has 1 aliphatic carbocycles. The van der Waals surface area contributed by atoms with Crippen LogP contribution in [0.3, 0.4) is 0 Å². The number of carbonyl (C=O) groups is 1. The molecule has 0 aromatic carbocycles. The lowest BCUT2D eigenvalue weighted by molar-refractivity contribution is -0.139. The van der Waals surface area contributed by atoms with E-state index >= 15 is 0 Å². The molecule has 102 valence electrons. The van der Waals surface area contributed by atoms with Crippen LogP contribution in [0.5, 0.6) is 0 Å². The molecule has 2 aliphatic rings. The number of carbonyl (C=O) groups excluding carboxylic acids is 1. The number of nitrogens with zero attached hydrogens (tertiary/aromatic N) is 3. The van der Waals surface area contributed by atoms with Gasteiger partial charge in [0.15, 0.2) is 0 Å². The molecule has 1 aromatic rings. The molecule has 0 N–H and O–H groups in total. The van der Waals surface area contributed by atoms with Crippen molar-refractivity contribution in [1.29, 1.82) is 0 Å². The maximum Gasteiger partial charge on any atom is 0.225 e. The third-order valence-electron chi connectivity index (χ3n) is 4.40. The van der Waals surface area contributed by atoms with Gasteiger partial charge in [-0.15, -0.1) is 0 Å². The van der Waals surface area contributed by atoms with Crippen LogP contribution in [0.15, 0.2) is 12.3 Å². The van der Waals surface area contributed by atoms with Crippen molar-refractivity contribution < 1.29 is 4.79 Å². The Bertz CT molecular complexity index is 470. The van der Waals surface area contributed by atoms with E-state index in [4.69, 9.17) is 0 Å². The van der Waals surface area contributed by atoms with Crippen LogP contribution in [-0.4, -0.2) is 33.9 Å². The van der Waals surface area contributed by atoms with E-state index in [2.05, 4.69) is 14.9 Å². The summed E-state index contributed by atoms with van der Waals surface area (Å²) in [6.07, 6.45) is 7.44. The number of hydrogen-bond donors (Lipinski definition) is 0. The number of amides is 1. The van der Waals surface area contributed by atoms with Gasteiger partial charge in [-0.05, 0) is 38.7 Å². The first-order valence-electron chi connectivity index (χ1n) is 7.32. The molecule has 2 fully saturated rings. The lowest BCUT2D eigenvalue weighted by Crippen LogP contribution is -2.44. The van der Waals surface area contributed by atoms with E-state index in [-0.39, 0.29) is 0 Å². The number of aryl methyl sites for hydroxylation is 1. The molecule has 1 saturated heterocycles. The first kappa shape index (κ1) is 12.6. The number of hydrogen-bond acceptors (Lipinski definition) is 3. The Hall–Kier alpha value is -1.45. The van der Waals surface area contributed by atoms with Gasteiger partial charge in [0.05, 0.1) is 0 Å². The van der Waals surface area contributed by atoms with Crippen LogP contribution in [0.25, 0.3) is 0 Å². The SMILES string of the molecule is Cc1nccc(C2CCCN(C(=O)C3CCC3)C2)n1. The summed E-state index contributed by atoms with van der Waals surface area (Å²) in [6.45, 7) is 3.69. The fourth-order valence-electron chi connectivity index (χ4n) is 3.03. The van der Waals surface area contributed by atoms with Gasteiger partial charge in [-0.2, -0.15) is 0 Å². The Morgan fingerprint density at radius 2 is 2.16 bits per heavy atom. The predicted octanol–water partition coefficient (Wildman–Crippen LogP) is 2.29. The fraction of sp³-hybridized carbons (Fsp3) is 0.667. The van der Waals surface area contributed by atoms with Crippen molar-refractivity contribution in [2.45, 2.75) is 44.9 Å². The second kappa shape index (κ2) is 5.27. The monoisotopic (exact) mass is 259 g/mol. The molecule has 0 radical (unpaired) electrons. The second-order valence-electron chi connectivity index (χ2n) is 5.78. The highest BCUT2D eigenvalue weighted by atomic mass is 16.2. The van der Waals surface area contributed by atoms with E-state index in [0.717, 1.165) is 50.3 Å². The molecular formula is C15H21N3O. The third-order valence-corrected chi connectivity index (χ3v) is 4.40. The van der Waals surface area contributed by atoms with Gasteiger partial charge in [-0.1, -0.05) is 6.42 Å². The Kier molecular flexibility index (Phi) is 3.49. The first-order valence-corrected chi connectivity index (χ1v) is 7.32. The summed E-state index contributed by atoms with van der Waals surface area (Å²) in [5, 5.41) is 0. The third kappa shape index (κ3) is 2.62. The van der Waals surface area contributed by atoms with Crippen molar-refractivity contribution >= 4 is 5.91 Å². The van der Waals surface area contributed by atoms with Crippen LogP contribution in [0.1, 0.15) is 49.5 Å². The lowest BCUT2D eigenvalue weighted by Gasteiger charge is -2.37. The van der Waals surface area contributed by atoms with E-state index < -0.39 is 0 Å². The molecule has 1 atom stereocenters. The molecule has 1 aliphatic heterocycles. The van der Waals surface area contributed by atoms with Gasteiger partial charge in [0.1, 0.15) is 5.82 Å². The predicted molar refractivity (Wildman–Crippen MR) is 72.7 cm³/mol. The van der Waals surface area contributed by atoms with Gasteiger partial charge >= 0.3 is 0 Å². The molecule has 4 nitrogen and oxygen atoms in total. The van der Waals surface area contributed by atoms with Crippen LogP contribution in [0, 0.1) is 12.8 Å². The number of piperidine rings is 1. The summed E-state index contributed by atoms with van der Waals surface area (Å²) in [6, 6.07) is 2.00. The smallest absolute Gasteiger partial charge is 0.225 e. The number of rotatable bonds is 2. The fourth-order valence-corrected chi connectivity index (χ4v) is 3.03. The van der Waals surface area contributed by atoms with Crippen LogP contribution < -0.4 is 0 Å². The molecule has 1 amide bonds. The topological polar surface area (TPSA) is 46.1 Å². The van der Waals surface area contributed by atoms with Crippen molar-refractivity contribution in [3.05, 3.63) is 23.8 Å². The molecule has 19 heavy (non-hydrogen) atoms. The zero-order chi connectivity index (χ0) is 13.2. The van der Waals surface area contributed by atoms with Gasteiger partial charge in [-0.25, -0.2) is 9.97 Å². The molecule has 1 aromatic heterocycles. The van der Waals surface area contributed by atoms with Gasteiger partial charge < -0.3 is 4.90 Å². The van der Waals surface area contributed by atoms with E-state index in [1.807, 2.05) is 19.2 Å². The van der Waals surface area contributed by atoms with E-state index in [1.54, 1.807) is 0 Å². The molecule has 1 unspecified atom stereocenters. The summed E-state index contributed by atoms with van der Waals surface area (Å²) in [5.41, 5.74) is 1.10. The van der Waals surface area contributed by atoms with Gasteiger partial charge in [0.25, 0.3) is 0 Å². The largest absolute Gasteiger partial charge is 0.342 e. The quantitative estimate of drug-likeness (QED) is 0.818. The molecule has 4 heteroatoms. The molecule has 0 bridgehead atoms. The van der Waals surface area contributed by atoms with Crippen molar-refractivity contribution in [1.82, 2.24) is 14.9 Å². The number of likely N-dealkylation sites (tertiary alicyclic amines) is 1. The van der Waals surface area contributed by atoms with E-state index in [9.17, 15) is 4.79 Å². The van der Waals surface area contributed by atoms with Crippen molar-refractivity contribution in [2.24, 2.45) is 5.92 Å². The van der Waals surface area contributed by atoms with E-state index in [1.165, 1.54) is 6.42 Å². The van der Waals surface area contributed by atoms with Gasteiger partial charge in [-0.3, -0.25) is 4.79 Å². The van der Waals surface area contributed by atoms with Crippen LogP contribution in [0.2, 0.25) is 0 Å². The molecule has 2 heterocycles. The second-order valence-corrected chi connectivity index (χ2v) is 5.78. The summed E-state index contributed by atoms with van der Waals surface area (Å²) < 4.78 is 0. The molecule has 1 saturated carbocycles. The molecule has 3 rings (SSSR count). The standard InChI is InChI=1S/C15H21N3O/c1-11-16-8-7-14(17-11)13-6-3-9-18(10-13)15(19)12-4-2-5-12/h7-8,12-13H,2-6,9-10H2,1H3. The van der Waals surface area contributed by atoms with Gasteiger partial charge in [0, 0.05) is 36.8 Å². The Morgan fingerprint density at radius 3 is 2.84 bits per heavy atom. The number of aromatic nitrogens is 2. The zero-order valence-electron chi connectivity index (χ0n) is 11.5. The van der Waals surface area contributed by atoms with E-state index in [0.29, 0.717) is 17.7 Å². The Balaban J connectivity index is 1.69. The van der Waals surface area contributed by atoms with Crippen LogP contribution in [-0.2, 0) is 4.79 Å². The van der Waals surface area contributed by atoms with Crippen molar-refractivity contribution in [3.63, 3.8) is 0 Å². The van der Waals surface area contributed by atoms with Crippen molar-refractivity contribution in [3.8, 4) is 0 Å². The summed E-state index contributed by atoms with van der Waals surface area (Å²) in [5.74, 6) is 1.90. The summed E-state index contributed by atoms with van der Waals surface area (Å²) in [4.78, 5) is 23.1. The van der Waals surface area contributed by atoms with Crippen LogP contribution in [0.4, 0.5) is 0 Å². The van der Waals surface area contributed by atoms with Crippen LogP contribution >= 0.6 is 0 Å². The molecular weight excluding hydrogens is 238 g/mol. The first-order chi connectivity index (χ1) is 9.24. The van der Waals surface area contributed by atoms with Gasteiger partial charge in [0.2, 0.25) is 5.91 Å². The summed E-state index contributed by atoms with van der Waals surface area (Å²) >= 11 is 0. The molecule has 0 spiro atoms.